The Morgan fingerprint density at radius 2 is 1.35 bits per heavy atom. The summed E-state index contributed by atoms with van der Waals surface area (Å²) >= 11 is 0. The molecule has 0 aliphatic heterocycles. The van der Waals surface area contributed by atoms with Crippen LogP contribution in [0.3, 0.4) is 0 Å². The van der Waals surface area contributed by atoms with Crippen molar-refractivity contribution in [3.8, 4) is 5.75 Å². The molecule has 0 saturated carbocycles. The molecule has 124 valence electrons. The molecule has 1 heteroatoms. The summed E-state index contributed by atoms with van der Waals surface area (Å²) in [4.78, 5) is 0. The standard InChI is InChI=1S/C22H30O/c1-6-17-13-14-20(19(8-3)18(17)7-2)15(4)16(5)21-11-9-10-12-22(21)23/h9-16,23H,6-8H2,1-5H3. The van der Waals surface area contributed by atoms with Crippen LogP contribution in [-0.2, 0) is 19.3 Å². The molecule has 2 rings (SSSR count). The van der Waals surface area contributed by atoms with Gasteiger partial charge in [0, 0.05) is 0 Å². The Labute approximate surface area is 141 Å². The number of benzene rings is 2. The number of aromatic hydroxyl groups is 1. The molecule has 0 aliphatic carbocycles. The lowest BCUT2D eigenvalue weighted by Gasteiger charge is -2.26. The molecule has 0 fully saturated rings. The summed E-state index contributed by atoms with van der Waals surface area (Å²) in [6.45, 7) is 11.3. The Morgan fingerprint density at radius 1 is 0.739 bits per heavy atom. The average Bonchev–Trinajstić information content (AvgIpc) is 2.59. The van der Waals surface area contributed by atoms with E-state index < -0.39 is 0 Å². The lowest BCUT2D eigenvalue weighted by Crippen LogP contribution is -2.10. The van der Waals surface area contributed by atoms with Crippen LogP contribution < -0.4 is 0 Å². The van der Waals surface area contributed by atoms with E-state index in [0.29, 0.717) is 17.6 Å². The molecular formula is C22H30O. The summed E-state index contributed by atoms with van der Waals surface area (Å²) in [5.74, 6) is 1.08. The molecule has 0 spiro atoms. The predicted molar refractivity (Wildman–Crippen MR) is 99.5 cm³/mol. The van der Waals surface area contributed by atoms with Crippen LogP contribution in [0.5, 0.6) is 5.75 Å². The van der Waals surface area contributed by atoms with Gasteiger partial charge in [0.25, 0.3) is 0 Å². The zero-order valence-electron chi connectivity index (χ0n) is 15.2. The van der Waals surface area contributed by atoms with E-state index in [1.54, 1.807) is 6.07 Å². The van der Waals surface area contributed by atoms with Gasteiger partial charge in [-0.1, -0.05) is 65.0 Å². The minimum absolute atomic E-state index is 0.290. The summed E-state index contributed by atoms with van der Waals surface area (Å²) in [5, 5.41) is 10.2. The fourth-order valence-corrected chi connectivity index (χ4v) is 3.79. The number of rotatable bonds is 6. The van der Waals surface area contributed by atoms with Crippen molar-refractivity contribution in [2.24, 2.45) is 0 Å². The molecule has 0 radical (unpaired) electrons. The van der Waals surface area contributed by atoms with Crippen molar-refractivity contribution >= 4 is 0 Å². The minimum atomic E-state index is 0.290. The van der Waals surface area contributed by atoms with E-state index in [9.17, 15) is 5.11 Å². The maximum atomic E-state index is 10.2. The highest BCUT2D eigenvalue weighted by atomic mass is 16.3. The first-order chi connectivity index (χ1) is 11.0. The second-order valence-corrected chi connectivity index (χ2v) is 6.47. The average molecular weight is 310 g/mol. The lowest BCUT2D eigenvalue weighted by atomic mass is 9.79. The van der Waals surface area contributed by atoms with Crippen LogP contribution in [0, 0.1) is 0 Å². The number of para-hydroxylation sites is 1. The highest BCUT2D eigenvalue weighted by molar-refractivity contribution is 5.45. The van der Waals surface area contributed by atoms with Crippen LogP contribution in [0.2, 0.25) is 0 Å². The van der Waals surface area contributed by atoms with Crippen molar-refractivity contribution in [3.63, 3.8) is 0 Å². The van der Waals surface area contributed by atoms with Crippen molar-refractivity contribution in [1.82, 2.24) is 0 Å². The Bertz CT molecular complexity index is 657. The lowest BCUT2D eigenvalue weighted by molar-refractivity contribution is 0.456. The Balaban J connectivity index is 2.47. The van der Waals surface area contributed by atoms with Crippen LogP contribution in [0.1, 0.15) is 74.3 Å². The monoisotopic (exact) mass is 310 g/mol. The largest absolute Gasteiger partial charge is 0.508 e. The third-order valence-corrected chi connectivity index (χ3v) is 5.32. The fourth-order valence-electron chi connectivity index (χ4n) is 3.79. The van der Waals surface area contributed by atoms with Crippen molar-refractivity contribution in [1.29, 1.82) is 0 Å². The van der Waals surface area contributed by atoms with E-state index >= 15 is 0 Å². The first kappa shape index (κ1) is 17.6. The first-order valence-corrected chi connectivity index (χ1v) is 8.96. The van der Waals surface area contributed by atoms with E-state index in [1.807, 2.05) is 18.2 Å². The molecule has 0 amide bonds. The molecule has 2 atom stereocenters. The maximum Gasteiger partial charge on any atom is 0.119 e. The Morgan fingerprint density at radius 3 is 1.91 bits per heavy atom. The number of aryl methyl sites for hydroxylation is 1. The zero-order chi connectivity index (χ0) is 17.0. The fraction of sp³-hybridized carbons (Fsp3) is 0.455. The van der Waals surface area contributed by atoms with Gasteiger partial charge in [-0.25, -0.2) is 0 Å². The van der Waals surface area contributed by atoms with Crippen LogP contribution in [0.4, 0.5) is 0 Å². The van der Waals surface area contributed by atoms with Crippen LogP contribution in [0.25, 0.3) is 0 Å². The molecule has 0 bridgehead atoms. The highest BCUT2D eigenvalue weighted by Crippen LogP contribution is 2.39. The summed E-state index contributed by atoms with van der Waals surface area (Å²) in [5.41, 5.74) is 7.01. The van der Waals surface area contributed by atoms with Crippen LogP contribution in [0.15, 0.2) is 36.4 Å². The van der Waals surface area contributed by atoms with Gasteiger partial charge in [0.15, 0.2) is 0 Å². The smallest absolute Gasteiger partial charge is 0.119 e. The van der Waals surface area contributed by atoms with Gasteiger partial charge >= 0.3 is 0 Å². The quantitative estimate of drug-likeness (QED) is 0.695. The molecule has 0 saturated heterocycles. The minimum Gasteiger partial charge on any atom is -0.508 e. The van der Waals surface area contributed by atoms with Gasteiger partial charge in [-0.2, -0.15) is 0 Å². The zero-order valence-corrected chi connectivity index (χ0v) is 15.2. The number of phenols is 1. The Kier molecular flexibility index (Phi) is 5.87. The summed E-state index contributed by atoms with van der Waals surface area (Å²) in [6.07, 6.45) is 3.27. The van der Waals surface area contributed by atoms with E-state index in [4.69, 9.17) is 0 Å². The molecule has 2 aromatic rings. The Hall–Kier alpha value is -1.76. The second kappa shape index (κ2) is 7.68. The molecule has 0 heterocycles. The van der Waals surface area contributed by atoms with E-state index in [0.717, 1.165) is 24.8 Å². The maximum absolute atomic E-state index is 10.2. The van der Waals surface area contributed by atoms with Gasteiger partial charge in [0.05, 0.1) is 0 Å². The predicted octanol–water partition coefficient (Wildman–Crippen LogP) is 5.99. The number of phenolic OH excluding ortho intramolecular Hbond substituents is 1. The molecule has 0 aliphatic rings. The second-order valence-electron chi connectivity index (χ2n) is 6.47. The normalized spacial score (nSPS) is 13.8. The summed E-state index contributed by atoms with van der Waals surface area (Å²) in [7, 11) is 0. The third kappa shape index (κ3) is 3.44. The number of hydrogen-bond acceptors (Lipinski definition) is 1. The van der Waals surface area contributed by atoms with Crippen molar-refractivity contribution in [2.45, 2.75) is 65.7 Å². The van der Waals surface area contributed by atoms with Gasteiger partial charge in [-0.3, -0.25) is 0 Å². The van der Waals surface area contributed by atoms with Gasteiger partial charge in [-0.05, 0) is 65.0 Å². The van der Waals surface area contributed by atoms with Crippen LogP contribution >= 0.6 is 0 Å². The van der Waals surface area contributed by atoms with Crippen LogP contribution in [-0.4, -0.2) is 5.11 Å². The van der Waals surface area contributed by atoms with Crippen molar-refractivity contribution in [3.05, 3.63) is 64.2 Å². The molecule has 1 N–H and O–H groups in total. The summed E-state index contributed by atoms with van der Waals surface area (Å²) < 4.78 is 0. The molecule has 1 nitrogen and oxygen atoms in total. The molecule has 2 unspecified atom stereocenters. The number of hydrogen-bond donors (Lipinski definition) is 1. The van der Waals surface area contributed by atoms with Gasteiger partial charge in [0.2, 0.25) is 0 Å². The van der Waals surface area contributed by atoms with E-state index in [1.165, 1.54) is 22.3 Å². The van der Waals surface area contributed by atoms with Crippen molar-refractivity contribution in [2.75, 3.05) is 0 Å². The van der Waals surface area contributed by atoms with Gasteiger partial charge in [0.1, 0.15) is 5.75 Å². The van der Waals surface area contributed by atoms with E-state index in [-0.39, 0.29) is 0 Å². The molecule has 23 heavy (non-hydrogen) atoms. The van der Waals surface area contributed by atoms with Gasteiger partial charge < -0.3 is 5.11 Å². The topological polar surface area (TPSA) is 20.2 Å². The third-order valence-electron chi connectivity index (χ3n) is 5.32. The van der Waals surface area contributed by atoms with Gasteiger partial charge in [-0.15, -0.1) is 0 Å². The molecule has 0 aromatic heterocycles. The first-order valence-electron chi connectivity index (χ1n) is 8.96. The van der Waals surface area contributed by atoms with E-state index in [2.05, 4.69) is 46.8 Å². The summed E-state index contributed by atoms with van der Waals surface area (Å²) in [6, 6.07) is 12.4. The SMILES string of the molecule is CCc1ccc(C(C)C(C)c2ccccc2O)c(CC)c1CC. The molecule has 2 aromatic carbocycles. The van der Waals surface area contributed by atoms with Crippen molar-refractivity contribution < 1.29 is 5.11 Å². The molecular weight excluding hydrogens is 280 g/mol. The highest BCUT2D eigenvalue weighted by Gasteiger charge is 2.22.